The first kappa shape index (κ1) is 20.4. The minimum absolute atomic E-state index is 0.00778. The number of hydrogen-bond acceptors (Lipinski definition) is 4. The fourth-order valence-corrected chi connectivity index (χ4v) is 4.90. The quantitative estimate of drug-likeness (QED) is 0.505. The fraction of sp³-hybridized carbons (Fsp3) is 0.240. The summed E-state index contributed by atoms with van der Waals surface area (Å²) in [5, 5.41) is 0. The van der Waals surface area contributed by atoms with E-state index >= 15 is 0 Å². The van der Waals surface area contributed by atoms with E-state index in [0.29, 0.717) is 5.56 Å². The first-order chi connectivity index (χ1) is 14.5. The molecular weight excluding hydrogens is 390 g/mol. The molecule has 1 amide bonds. The van der Waals surface area contributed by atoms with E-state index in [2.05, 4.69) is 60.0 Å². The Hall–Kier alpha value is -2.92. The number of benzene rings is 3. The van der Waals surface area contributed by atoms with Crippen LogP contribution in [-0.2, 0) is 0 Å². The summed E-state index contributed by atoms with van der Waals surface area (Å²) in [6, 6.07) is 22.2. The van der Waals surface area contributed by atoms with Crippen molar-refractivity contribution >= 4 is 40.4 Å². The summed E-state index contributed by atoms with van der Waals surface area (Å²) >= 11 is 1.74. The van der Waals surface area contributed by atoms with Crippen molar-refractivity contribution in [2.75, 3.05) is 41.9 Å². The predicted molar refractivity (Wildman–Crippen MR) is 128 cm³/mol. The van der Waals surface area contributed by atoms with E-state index in [1.54, 1.807) is 11.8 Å². The molecule has 0 saturated carbocycles. The normalized spacial score (nSPS) is 12.2. The van der Waals surface area contributed by atoms with Gasteiger partial charge in [0.15, 0.2) is 0 Å². The van der Waals surface area contributed by atoms with Crippen LogP contribution in [-0.4, -0.2) is 33.1 Å². The Balaban J connectivity index is 1.86. The van der Waals surface area contributed by atoms with E-state index in [4.69, 9.17) is 0 Å². The Morgan fingerprint density at radius 3 is 1.97 bits per heavy atom. The molecule has 1 aliphatic heterocycles. The number of carbonyl (C=O) groups excluding carboxylic acids is 1. The van der Waals surface area contributed by atoms with Crippen molar-refractivity contribution in [3.63, 3.8) is 0 Å². The number of nitrogens with zero attached hydrogens (tertiary/aromatic N) is 3. The molecule has 0 aromatic heterocycles. The van der Waals surface area contributed by atoms with Crippen LogP contribution < -0.4 is 14.7 Å². The Morgan fingerprint density at radius 1 is 0.833 bits per heavy atom. The van der Waals surface area contributed by atoms with Gasteiger partial charge in [-0.05, 0) is 62.4 Å². The molecule has 0 atom stereocenters. The first-order valence-corrected chi connectivity index (χ1v) is 11.1. The van der Waals surface area contributed by atoms with Crippen molar-refractivity contribution in [2.24, 2.45) is 0 Å². The minimum atomic E-state index is -0.00778. The van der Waals surface area contributed by atoms with Crippen LogP contribution in [0, 0.1) is 0 Å². The number of amides is 1. The molecule has 0 fully saturated rings. The summed E-state index contributed by atoms with van der Waals surface area (Å²) in [7, 11) is 4.07. The van der Waals surface area contributed by atoms with Crippen molar-refractivity contribution in [3.8, 4) is 0 Å². The molecule has 0 radical (unpaired) electrons. The van der Waals surface area contributed by atoms with Crippen LogP contribution in [0.1, 0.15) is 24.2 Å². The summed E-state index contributed by atoms with van der Waals surface area (Å²) in [4.78, 5) is 22.0. The molecule has 0 bridgehead atoms. The largest absolute Gasteiger partial charge is 0.378 e. The average Bonchev–Trinajstić information content (AvgIpc) is 2.78. The number of rotatable bonds is 5. The zero-order valence-corrected chi connectivity index (χ0v) is 18.7. The average molecular weight is 418 g/mol. The van der Waals surface area contributed by atoms with Crippen LogP contribution in [0.4, 0.5) is 22.7 Å². The standard InChI is InChI=1S/C25H27N3OS/c1-5-27(6-2)20-13-15-22-24(17-20)30-23-16-19(26(3)4)12-14-21(23)28(22)25(29)18-10-8-7-9-11-18/h7-17H,5-6H2,1-4H3. The highest BCUT2D eigenvalue weighted by molar-refractivity contribution is 7.99. The maximum atomic E-state index is 13.6. The SMILES string of the molecule is CCN(CC)c1ccc2c(c1)Sc1cc(N(C)C)ccc1N2C(=O)c1ccccc1. The lowest BCUT2D eigenvalue weighted by Crippen LogP contribution is -2.29. The Morgan fingerprint density at radius 2 is 1.40 bits per heavy atom. The summed E-state index contributed by atoms with van der Waals surface area (Å²) in [5.41, 5.74) is 4.87. The highest BCUT2D eigenvalue weighted by Crippen LogP contribution is 2.50. The number of hydrogen-bond donors (Lipinski definition) is 0. The van der Waals surface area contributed by atoms with E-state index in [1.807, 2.05) is 49.3 Å². The first-order valence-electron chi connectivity index (χ1n) is 10.3. The summed E-state index contributed by atoms with van der Waals surface area (Å²) in [6.45, 7) is 6.24. The van der Waals surface area contributed by atoms with E-state index in [9.17, 15) is 4.79 Å². The van der Waals surface area contributed by atoms with Gasteiger partial charge in [0.1, 0.15) is 0 Å². The summed E-state index contributed by atoms with van der Waals surface area (Å²) < 4.78 is 0. The van der Waals surface area contributed by atoms with Gasteiger partial charge in [-0.2, -0.15) is 0 Å². The van der Waals surface area contributed by atoms with Crippen molar-refractivity contribution in [2.45, 2.75) is 23.6 Å². The van der Waals surface area contributed by atoms with Gasteiger partial charge in [-0.3, -0.25) is 9.69 Å². The molecule has 3 aromatic rings. The fourth-order valence-electron chi connectivity index (χ4n) is 3.78. The van der Waals surface area contributed by atoms with Crippen LogP contribution in [0.5, 0.6) is 0 Å². The van der Waals surface area contributed by atoms with E-state index < -0.39 is 0 Å². The lowest BCUT2D eigenvalue weighted by Gasteiger charge is -2.33. The molecule has 1 heterocycles. The maximum absolute atomic E-state index is 13.6. The summed E-state index contributed by atoms with van der Waals surface area (Å²) in [5.74, 6) is -0.00778. The predicted octanol–water partition coefficient (Wildman–Crippen LogP) is 6.04. The zero-order chi connectivity index (χ0) is 21.3. The molecule has 3 aromatic carbocycles. The van der Waals surface area contributed by atoms with E-state index in [-0.39, 0.29) is 5.91 Å². The lowest BCUT2D eigenvalue weighted by atomic mass is 10.1. The second-order valence-corrected chi connectivity index (χ2v) is 8.56. The summed E-state index contributed by atoms with van der Waals surface area (Å²) in [6.07, 6.45) is 0. The highest BCUT2D eigenvalue weighted by Gasteiger charge is 2.30. The van der Waals surface area contributed by atoms with Crippen LogP contribution in [0.15, 0.2) is 76.5 Å². The van der Waals surface area contributed by atoms with Gasteiger partial charge >= 0.3 is 0 Å². The van der Waals surface area contributed by atoms with E-state index in [0.717, 1.165) is 39.9 Å². The molecule has 0 unspecified atom stereocenters. The molecule has 5 heteroatoms. The van der Waals surface area contributed by atoms with Crippen molar-refractivity contribution < 1.29 is 4.79 Å². The number of anilines is 4. The van der Waals surface area contributed by atoms with Crippen molar-refractivity contribution in [3.05, 3.63) is 72.3 Å². The molecule has 154 valence electrons. The maximum Gasteiger partial charge on any atom is 0.262 e. The molecule has 4 nitrogen and oxygen atoms in total. The monoisotopic (exact) mass is 417 g/mol. The van der Waals surface area contributed by atoms with Gasteiger partial charge in [0.2, 0.25) is 0 Å². The molecule has 4 rings (SSSR count). The van der Waals surface area contributed by atoms with Gasteiger partial charge in [-0.1, -0.05) is 30.0 Å². The third-order valence-corrected chi connectivity index (χ3v) is 6.55. The lowest BCUT2D eigenvalue weighted by molar-refractivity contribution is 0.0998. The molecule has 0 aliphatic carbocycles. The molecule has 0 N–H and O–H groups in total. The Labute approximate surface area is 183 Å². The minimum Gasteiger partial charge on any atom is -0.378 e. The van der Waals surface area contributed by atoms with Crippen molar-refractivity contribution in [1.29, 1.82) is 0 Å². The van der Waals surface area contributed by atoms with Gasteiger partial charge in [0, 0.05) is 53.9 Å². The van der Waals surface area contributed by atoms with Gasteiger partial charge in [0.25, 0.3) is 5.91 Å². The Kier molecular flexibility index (Phi) is 5.73. The highest BCUT2D eigenvalue weighted by atomic mass is 32.2. The van der Waals surface area contributed by atoms with Crippen LogP contribution >= 0.6 is 11.8 Å². The topological polar surface area (TPSA) is 26.8 Å². The van der Waals surface area contributed by atoms with Gasteiger partial charge < -0.3 is 9.80 Å². The van der Waals surface area contributed by atoms with Gasteiger partial charge in [-0.25, -0.2) is 0 Å². The smallest absolute Gasteiger partial charge is 0.262 e. The van der Waals surface area contributed by atoms with Crippen LogP contribution in [0.25, 0.3) is 0 Å². The van der Waals surface area contributed by atoms with Gasteiger partial charge in [0.05, 0.1) is 11.4 Å². The number of carbonyl (C=O) groups is 1. The van der Waals surface area contributed by atoms with Crippen LogP contribution in [0.2, 0.25) is 0 Å². The second-order valence-electron chi connectivity index (χ2n) is 7.48. The third-order valence-electron chi connectivity index (χ3n) is 5.46. The third kappa shape index (κ3) is 3.65. The molecular formula is C25H27N3OS. The van der Waals surface area contributed by atoms with Crippen molar-refractivity contribution in [1.82, 2.24) is 0 Å². The molecule has 0 spiro atoms. The zero-order valence-electron chi connectivity index (χ0n) is 17.9. The molecule has 30 heavy (non-hydrogen) atoms. The molecule has 0 saturated heterocycles. The number of fused-ring (bicyclic) bond motifs is 2. The van der Waals surface area contributed by atoms with Crippen LogP contribution in [0.3, 0.4) is 0 Å². The van der Waals surface area contributed by atoms with Gasteiger partial charge in [-0.15, -0.1) is 0 Å². The van der Waals surface area contributed by atoms with E-state index in [1.165, 1.54) is 5.69 Å². The second kappa shape index (κ2) is 8.44. The Bertz CT molecular complexity index is 1060. The molecule has 1 aliphatic rings.